The summed E-state index contributed by atoms with van der Waals surface area (Å²) < 4.78 is 37.5. The smallest absolute Gasteiger partial charge is 0.293 e. The molecule has 1 aromatic carbocycles. The second kappa shape index (κ2) is 6.60. The van der Waals surface area contributed by atoms with Crippen molar-refractivity contribution in [1.29, 1.82) is 0 Å². The Morgan fingerprint density at radius 2 is 1.95 bits per heavy atom. The monoisotopic (exact) mass is 299 g/mol. The largest absolute Gasteiger partial charge is 0.401 e. The molecule has 0 radical (unpaired) electrons. The van der Waals surface area contributed by atoms with Gasteiger partial charge in [0.2, 0.25) is 0 Å². The van der Waals surface area contributed by atoms with E-state index in [4.69, 9.17) is 0 Å². The maximum Gasteiger partial charge on any atom is 0.401 e. The van der Waals surface area contributed by atoms with E-state index >= 15 is 0 Å². The van der Waals surface area contributed by atoms with Gasteiger partial charge in [-0.2, -0.15) is 13.2 Å². The number of alkyl halides is 3. The summed E-state index contributed by atoms with van der Waals surface area (Å²) >= 11 is 0. The molecule has 0 saturated carbocycles. The maximum absolute atomic E-state index is 12.5. The Morgan fingerprint density at radius 3 is 2.62 bits per heavy atom. The number of nitrogens with zero attached hydrogens (tertiary/aromatic N) is 1. The minimum atomic E-state index is -4.27. The van der Waals surface area contributed by atoms with Crippen molar-refractivity contribution in [3.8, 4) is 0 Å². The highest BCUT2D eigenvalue weighted by molar-refractivity contribution is 5.97. The van der Waals surface area contributed by atoms with Crippen LogP contribution in [0.4, 0.5) is 13.2 Å². The maximum atomic E-state index is 12.5. The number of carbonyl (C=O) groups excluding carboxylic acids is 1. The number of aryl methyl sites for hydroxylation is 2. The van der Waals surface area contributed by atoms with Crippen LogP contribution in [0.2, 0.25) is 0 Å². The van der Waals surface area contributed by atoms with Gasteiger partial charge in [-0.25, -0.2) is 0 Å². The van der Waals surface area contributed by atoms with Gasteiger partial charge in [0.25, 0.3) is 0 Å². The van der Waals surface area contributed by atoms with Gasteiger partial charge in [-0.15, -0.1) is 0 Å². The number of ketones is 1. The van der Waals surface area contributed by atoms with Gasteiger partial charge in [-0.1, -0.05) is 19.1 Å². The van der Waals surface area contributed by atoms with Crippen molar-refractivity contribution in [3.05, 3.63) is 34.9 Å². The molecule has 5 heteroatoms. The molecule has 1 aliphatic carbocycles. The van der Waals surface area contributed by atoms with Crippen molar-refractivity contribution >= 4 is 5.78 Å². The first kappa shape index (κ1) is 16.0. The van der Waals surface area contributed by atoms with Crippen LogP contribution in [0.1, 0.15) is 41.3 Å². The number of carbonyl (C=O) groups is 1. The van der Waals surface area contributed by atoms with Crippen LogP contribution in [0.5, 0.6) is 0 Å². The fraction of sp³-hybridized carbons (Fsp3) is 0.562. The predicted octanol–water partition coefficient (Wildman–Crippen LogP) is 3.63. The van der Waals surface area contributed by atoms with Gasteiger partial charge in [-0.05, 0) is 49.4 Å². The number of rotatable bonds is 6. The molecular weight excluding hydrogens is 279 g/mol. The Bertz CT molecular complexity index is 511. The lowest BCUT2D eigenvalue weighted by atomic mass is 10.0. The summed E-state index contributed by atoms with van der Waals surface area (Å²) in [7, 11) is 0. The molecule has 0 spiro atoms. The number of fused-ring (bicyclic) bond motifs is 1. The van der Waals surface area contributed by atoms with E-state index in [1.165, 1.54) is 16.0 Å². The third-order valence-corrected chi connectivity index (χ3v) is 3.73. The van der Waals surface area contributed by atoms with E-state index in [9.17, 15) is 18.0 Å². The molecule has 1 aromatic rings. The van der Waals surface area contributed by atoms with Gasteiger partial charge in [0, 0.05) is 5.56 Å². The van der Waals surface area contributed by atoms with E-state index < -0.39 is 12.7 Å². The molecule has 0 amide bonds. The zero-order valence-electron chi connectivity index (χ0n) is 12.2. The van der Waals surface area contributed by atoms with E-state index in [0.717, 1.165) is 19.3 Å². The average Bonchev–Trinajstić information content (AvgIpc) is 2.83. The molecular formula is C16H20F3NO. The molecule has 2 rings (SSSR count). The minimum Gasteiger partial charge on any atom is -0.293 e. The summed E-state index contributed by atoms with van der Waals surface area (Å²) in [5, 5.41) is 0. The lowest BCUT2D eigenvalue weighted by Gasteiger charge is -2.22. The van der Waals surface area contributed by atoms with Crippen LogP contribution >= 0.6 is 0 Å². The molecule has 0 N–H and O–H groups in total. The lowest BCUT2D eigenvalue weighted by Crippen LogP contribution is -2.38. The second-order valence-corrected chi connectivity index (χ2v) is 5.59. The van der Waals surface area contributed by atoms with Crippen molar-refractivity contribution in [1.82, 2.24) is 4.90 Å². The molecule has 1 aliphatic rings. The van der Waals surface area contributed by atoms with E-state index in [1.807, 2.05) is 19.1 Å². The molecule has 2 nitrogen and oxygen atoms in total. The number of benzene rings is 1. The van der Waals surface area contributed by atoms with Crippen LogP contribution < -0.4 is 0 Å². The molecule has 21 heavy (non-hydrogen) atoms. The summed E-state index contributed by atoms with van der Waals surface area (Å²) in [5.74, 6) is -0.234. The highest BCUT2D eigenvalue weighted by atomic mass is 19.4. The van der Waals surface area contributed by atoms with Gasteiger partial charge in [0.1, 0.15) is 0 Å². The van der Waals surface area contributed by atoms with Crippen LogP contribution in [-0.2, 0) is 12.8 Å². The predicted molar refractivity (Wildman–Crippen MR) is 75.6 cm³/mol. The third-order valence-electron chi connectivity index (χ3n) is 3.73. The number of halogens is 3. The van der Waals surface area contributed by atoms with Crippen LogP contribution in [0.15, 0.2) is 18.2 Å². The molecule has 116 valence electrons. The fourth-order valence-corrected chi connectivity index (χ4v) is 2.82. The van der Waals surface area contributed by atoms with Gasteiger partial charge in [0.15, 0.2) is 5.78 Å². The standard InChI is InChI=1S/C16H20F3NO/c1-2-8-20(11-16(17,18)19)10-15(21)14-7-6-12-4-3-5-13(12)9-14/h6-7,9H,2-5,8,10-11H2,1H3. The van der Waals surface area contributed by atoms with E-state index in [2.05, 4.69) is 0 Å². The molecule has 0 unspecified atom stereocenters. The molecule has 0 heterocycles. The number of hydrogen-bond donors (Lipinski definition) is 0. The minimum absolute atomic E-state index is 0.174. The third kappa shape index (κ3) is 4.56. The van der Waals surface area contributed by atoms with Crippen LogP contribution in [0, 0.1) is 0 Å². The summed E-state index contributed by atoms with van der Waals surface area (Å²) in [6.07, 6.45) is -0.610. The fourth-order valence-electron chi connectivity index (χ4n) is 2.82. The molecule has 0 aliphatic heterocycles. The first-order valence-corrected chi connectivity index (χ1v) is 7.33. The number of Topliss-reactive ketones (excluding diaryl/α,β-unsaturated/α-hetero) is 1. The molecule has 0 aromatic heterocycles. The first-order chi connectivity index (χ1) is 9.89. The summed E-state index contributed by atoms with van der Waals surface area (Å²) in [5.41, 5.74) is 2.95. The Kier molecular flexibility index (Phi) is 5.04. The normalized spacial score (nSPS) is 14.5. The van der Waals surface area contributed by atoms with Crippen molar-refractivity contribution in [3.63, 3.8) is 0 Å². The Hall–Kier alpha value is -1.36. The zero-order valence-corrected chi connectivity index (χ0v) is 12.2. The van der Waals surface area contributed by atoms with Crippen LogP contribution in [0.25, 0.3) is 0 Å². The highest BCUT2D eigenvalue weighted by Gasteiger charge is 2.31. The van der Waals surface area contributed by atoms with Gasteiger partial charge in [-0.3, -0.25) is 9.69 Å². The summed E-state index contributed by atoms with van der Waals surface area (Å²) in [6, 6.07) is 5.52. The SMILES string of the molecule is CCCN(CC(=O)c1ccc2c(c1)CCC2)CC(F)(F)F. The van der Waals surface area contributed by atoms with Crippen molar-refractivity contribution in [2.45, 2.75) is 38.8 Å². The van der Waals surface area contributed by atoms with Crippen LogP contribution in [-0.4, -0.2) is 36.5 Å². The van der Waals surface area contributed by atoms with Crippen LogP contribution in [0.3, 0.4) is 0 Å². The number of hydrogen-bond acceptors (Lipinski definition) is 2. The first-order valence-electron chi connectivity index (χ1n) is 7.33. The highest BCUT2D eigenvalue weighted by Crippen LogP contribution is 2.23. The lowest BCUT2D eigenvalue weighted by molar-refractivity contribution is -0.144. The van der Waals surface area contributed by atoms with E-state index in [0.29, 0.717) is 12.0 Å². The van der Waals surface area contributed by atoms with Gasteiger partial charge in [0.05, 0.1) is 13.1 Å². The van der Waals surface area contributed by atoms with Crippen molar-refractivity contribution in [2.24, 2.45) is 0 Å². The van der Waals surface area contributed by atoms with Crippen molar-refractivity contribution in [2.75, 3.05) is 19.6 Å². The zero-order chi connectivity index (χ0) is 15.5. The molecule has 0 fully saturated rings. The topological polar surface area (TPSA) is 20.3 Å². The molecule has 0 saturated heterocycles. The summed E-state index contributed by atoms with van der Waals surface area (Å²) in [4.78, 5) is 13.4. The van der Waals surface area contributed by atoms with E-state index in [-0.39, 0.29) is 18.9 Å². The Morgan fingerprint density at radius 1 is 1.24 bits per heavy atom. The quantitative estimate of drug-likeness (QED) is 0.748. The van der Waals surface area contributed by atoms with Gasteiger partial charge < -0.3 is 0 Å². The Balaban J connectivity index is 2.04. The summed E-state index contributed by atoms with van der Waals surface area (Å²) in [6.45, 7) is 0.878. The van der Waals surface area contributed by atoms with E-state index in [1.54, 1.807) is 6.07 Å². The van der Waals surface area contributed by atoms with Gasteiger partial charge >= 0.3 is 6.18 Å². The molecule has 0 atom stereocenters. The molecule has 0 bridgehead atoms. The van der Waals surface area contributed by atoms with Crippen molar-refractivity contribution < 1.29 is 18.0 Å². The Labute approximate surface area is 122 Å². The average molecular weight is 299 g/mol. The second-order valence-electron chi connectivity index (χ2n) is 5.59.